The van der Waals surface area contributed by atoms with Gasteiger partial charge in [0.15, 0.2) is 0 Å². The molecule has 0 aliphatic carbocycles. The van der Waals surface area contributed by atoms with Gasteiger partial charge in [0.05, 0.1) is 35.7 Å². The van der Waals surface area contributed by atoms with Crippen molar-refractivity contribution in [2.75, 3.05) is 26.2 Å². The van der Waals surface area contributed by atoms with Gasteiger partial charge in [-0.2, -0.15) is 5.10 Å². The van der Waals surface area contributed by atoms with Crippen LogP contribution >= 0.6 is 11.6 Å². The Hall–Kier alpha value is -0.660. The van der Waals surface area contributed by atoms with Gasteiger partial charge in [0.2, 0.25) is 0 Å². The van der Waals surface area contributed by atoms with Crippen LogP contribution in [0.15, 0.2) is 6.20 Å². The normalized spacial score (nSPS) is 21.9. The average Bonchev–Trinajstić information content (AvgIpc) is 2.83. The first-order valence-electron chi connectivity index (χ1n) is 7.61. The monoisotopic (exact) mass is 315 g/mol. The molecule has 3 N–H and O–H groups in total. The Bertz CT molecular complexity index is 449. The van der Waals surface area contributed by atoms with E-state index in [1.807, 2.05) is 4.68 Å². The SMILES string of the molecule is CCCN1CCOC(C(NN)c2c(Cl)cnn2C(C)C)C1. The van der Waals surface area contributed by atoms with Crippen LogP contribution in [0.1, 0.15) is 45.0 Å². The van der Waals surface area contributed by atoms with E-state index in [1.165, 1.54) is 0 Å². The standard InChI is InChI=1S/C14H26ClN5O/c1-4-5-19-6-7-21-12(9-19)13(18-16)14-11(15)8-17-20(14)10(2)3/h8,10,12-13,18H,4-7,9,16H2,1-3H3. The molecule has 7 heteroatoms. The third kappa shape index (κ3) is 3.76. The Morgan fingerprint density at radius 1 is 1.57 bits per heavy atom. The van der Waals surface area contributed by atoms with Gasteiger partial charge in [-0.25, -0.2) is 5.43 Å². The topological polar surface area (TPSA) is 68.3 Å². The Morgan fingerprint density at radius 3 is 2.95 bits per heavy atom. The maximum Gasteiger partial charge on any atom is 0.0925 e. The highest BCUT2D eigenvalue weighted by Gasteiger charge is 2.32. The number of rotatable bonds is 6. The molecule has 2 rings (SSSR count). The molecule has 1 aromatic heterocycles. The Kier molecular flexibility index (Phi) is 6.01. The number of ether oxygens (including phenoxy) is 1. The van der Waals surface area contributed by atoms with Gasteiger partial charge in [0, 0.05) is 19.1 Å². The van der Waals surface area contributed by atoms with E-state index < -0.39 is 0 Å². The number of hydrogen-bond acceptors (Lipinski definition) is 5. The molecule has 1 aromatic rings. The fraction of sp³-hybridized carbons (Fsp3) is 0.786. The number of hydrogen-bond donors (Lipinski definition) is 2. The summed E-state index contributed by atoms with van der Waals surface area (Å²) in [6.45, 7) is 9.95. The third-order valence-electron chi connectivity index (χ3n) is 3.84. The van der Waals surface area contributed by atoms with Gasteiger partial charge < -0.3 is 4.74 Å². The molecule has 1 fully saturated rings. The van der Waals surface area contributed by atoms with E-state index in [9.17, 15) is 0 Å². The number of aromatic nitrogens is 2. The largest absolute Gasteiger partial charge is 0.373 e. The van der Waals surface area contributed by atoms with Crippen molar-refractivity contribution >= 4 is 11.6 Å². The van der Waals surface area contributed by atoms with Gasteiger partial charge in [-0.3, -0.25) is 15.4 Å². The predicted molar refractivity (Wildman–Crippen MR) is 84.2 cm³/mol. The van der Waals surface area contributed by atoms with Crippen molar-refractivity contribution in [3.8, 4) is 0 Å². The molecule has 0 amide bonds. The van der Waals surface area contributed by atoms with Crippen molar-refractivity contribution in [2.45, 2.75) is 45.4 Å². The number of nitrogens with two attached hydrogens (primary N) is 1. The van der Waals surface area contributed by atoms with E-state index in [2.05, 4.69) is 36.2 Å². The molecule has 0 saturated carbocycles. The van der Waals surface area contributed by atoms with E-state index in [4.69, 9.17) is 22.2 Å². The van der Waals surface area contributed by atoms with Gasteiger partial charge in [0.1, 0.15) is 0 Å². The fourth-order valence-electron chi connectivity index (χ4n) is 2.87. The molecule has 2 heterocycles. The Labute approximate surface area is 131 Å². The molecule has 0 radical (unpaired) electrons. The van der Waals surface area contributed by atoms with Crippen molar-refractivity contribution in [1.29, 1.82) is 0 Å². The predicted octanol–water partition coefficient (Wildman–Crippen LogP) is 1.73. The molecular formula is C14H26ClN5O. The van der Waals surface area contributed by atoms with Crippen molar-refractivity contribution in [3.63, 3.8) is 0 Å². The second-order valence-corrected chi connectivity index (χ2v) is 6.18. The zero-order chi connectivity index (χ0) is 15.4. The lowest BCUT2D eigenvalue weighted by Gasteiger charge is -2.37. The smallest absolute Gasteiger partial charge is 0.0925 e. The number of nitrogens with one attached hydrogen (secondary N) is 1. The van der Waals surface area contributed by atoms with E-state index in [0.717, 1.165) is 38.4 Å². The summed E-state index contributed by atoms with van der Waals surface area (Å²) in [7, 11) is 0. The maximum atomic E-state index is 6.33. The maximum absolute atomic E-state index is 6.33. The summed E-state index contributed by atoms with van der Waals surface area (Å²) in [5.74, 6) is 5.80. The summed E-state index contributed by atoms with van der Waals surface area (Å²) < 4.78 is 7.85. The molecule has 0 aromatic carbocycles. The highest BCUT2D eigenvalue weighted by molar-refractivity contribution is 6.31. The van der Waals surface area contributed by atoms with Crippen LogP contribution in [0, 0.1) is 0 Å². The second kappa shape index (κ2) is 7.56. The summed E-state index contributed by atoms with van der Waals surface area (Å²) in [5.41, 5.74) is 3.78. The van der Waals surface area contributed by atoms with Crippen molar-refractivity contribution in [2.24, 2.45) is 5.84 Å². The average molecular weight is 316 g/mol. The highest BCUT2D eigenvalue weighted by Crippen LogP contribution is 2.29. The molecule has 2 unspecified atom stereocenters. The molecule has 6 nitrogen and oxygen atoms in total. The Balaban J connectivity index is 2.21. The molecule has 1 saturated heterocycles. The van der Waals surface area contributed by atoms with Crippen molar-refractivity contribution in [1.82, 2.24) is 20.1 Å². The van der Waals surface area contributed by atoms with Crippen molar-refractivity contribution in [3.05, 3.63) is 16.9 Å². The van der Waals surface area contributed by atoms with Crippen LogP contribution in [0.4, 0.5) is 0 Å². The number of nitrogens with zero attached hydrogens (tertiary/aromatic N) is 3. The van der Waals surface area contributed by atoms with E-state index in [-0.39, 0.29) is 18.2 Å². The fourth-order valence-corrected chi connectivity index (χ4v) is 3.12. The van der Waals surface area contributed by atoms with Crippen LogP contribution in [0.3, 0.4) is 0 Å². The molecule has 21 heavy (non-hydrogen) atoms. The lowest BCUT2D eigenvalue weighted by molar-refractivity contribution is -0.0485. The molecule has 120 valence electrons. The van der Waals surface area contributed by atoms with Gasteiger partial charge >= 0.3 is 0 Å². The first-order valence-corrected chi connectivity index (χ1v) is 7.99. The van der Waals surface area contributed by atoms with Gasteiger partial charge in [0.25, 0.3) is 0 Å². The van der Waals surface area contributed by atoms with E-state index >= 15 is 0 Å². The zero-order valence-electron chi connectivity index (χ0n) is 13.1. The quantitative estimate of drug-likeness (QED) is 0.618. The third-order valence-corrected chi connectivity index (χ3v) is 4.13. The van der Waals surface area contributed by atoms with Crippen LogP contribution in [0.5, 0.6) is 0 Å². The van der Waals surface area contributed by atoms with Gasteiger partial charge in [-0.05, 0) is 26.8 Å². The first-order chi connectivity index (χ1) is 10.1. The molecule has 0 bridgehead atoms. The van der Waals surface area contributed by atoms with E-state index in [1.54, 1.807) is 6.20 Å². The number of hydrazine groups is 1. The van der Waals surface area contributed by atoms with Gasteiger partial charge in [-0.15, -0.1) is 0 Å². The van der Waals surface area contributed by atoms with Crippen LogP contribution in [-0.4, -0.2) is 47.0 Å². The highest BCUT2D eigenvalue weighted by atomic mass is 35.5. The minimum atomic E-state index is -0.165. The molecule has 1 aliphatic heterocycles. The molecule has 1 aliphatic rings. The molecule has 0 spiro atoms. The molecule has 2 atom stereocenters. The summed E-state index contributed by atoms with van der Waals surface area (Å²) >= 11 is 6.33. The van der Waals surface area contributed by atoms with Crippen LogP contribution in [-0.2, 0) is 4.74 Å². The van der Waals surface area contributed by atoms with Crippen LogP contribution in [0.25, 0.3) is 0 Å². The zero-order valence-corrected chi connectivity index (χ0v) is 13.8. The first kappa shape index (κ1) is 16.7. The van der Waals surface area contributed by atoms with Crippen LogP contribution < -0.4 is 11.3 Å². The summed E-state index contributed by atoms with van der Waals surface area (Å²) in [5, 5.41) is 4.98. The lowest BCUT2D eigenvalue weighted by atomic mass is 10.1. The van der Waals surface area contributed by atoms with Gasteiger partial charge in [-0.1, -0.05) is 18.5 Å². The Morgan fingerprint density at radius 2 is 2.33 bits per heavy atom. The minimum absolute atomic E-state index is 0.0259. The lowest BCUT2D eigenvalue weighted by Crippen LogP contribution is -2.50. The second-order valence-electron chi connectivity index (χ2n) is 5.77. The van der Waals surface area contributed by atoms with E-state index in [0.29, 0.717) is 5.02 Å². The minimum Gasteiger partial charge on any atom is -0.373 e. The summed E-state index contributed by atoms with van der Waals surface area (Å²) in [4.78, 5) is 2.41. The van der Waals surface area contributed by atoms with Crippen molar-refractivity contribution < 1.29 is 4.74 Å². The number of morpholine rings is 1. The summed E-state index contributed by atoms with van der Waals surface area (Å²) in [6.07, 6.45) is 2.79. The molecular weight excluding hydrogens is 290 g/mol. The van der Waals surface area contributed by atoms with Crippen LogP contribution in [0.2, 0.25) is 5.02 Å². The summed E-state index contributed by atoms with van der Waals surface area (Å²) in [6, 6.07) is 0.0562. The number of halogens is 1.